The number of benzene rings is 1. The molecule has 12 nitrogen and oxygen atoms in total. The van der Waals surface area contributed by atoms with E-state index in [4.69, 9.17) is 9.47 Å². The van der Waals surface area contributed by atoms with Crippen molar-refractivity contribution in [3.63, 3.8) is 0 Å². The molecular weight excluding hydrogens is 519 g/mol. The van der Waals surface area contributed by atoms with E-state index >= 15 is 0 Å². The third-order valence-corrected chi connectivity index (χ3v) is 6.50. The number of nitrogens with zero attached hydrogens (tertiary/aromatic N) is 7. The number of nitrogens with one attached hydrogen (secondary N) is 1. The van der Waals surface area contributed by atoms with Crippen LogP contribution in [0.4, 0.5) is 20.7 Å². The highest BCUT2D eigenvalue weighted by atomic mass is 19.1. The Balaban J connectivity index is 1.41. The molecule has 2 amide bonds. The summed E-state index contributed by atoms with van der Waals surface area (Å²) in [5.41, 5.74) is 1.89. The fraction of sp³-hybridized carbons (Fsp3) is 0.444. The number of anilines is 2. The van der Waals surface area contributed by atoms with Crippen LogP contribution in [0.5, 0.6) is 0 Å². The van der Waals surface area contributed by atoms with Gasteiger partial charge in [-0.2, -0.15) is 14.5 Å². The maximum absolute atomic E-state index is 14.5. The SMILES string of the molecule is COCCn1cc2c(N3CCN(C(=O)OC(C)(C)C)CC3)ccc(C(=O)Nc3cn4cc(C)nc4c(F)n3)c2n1. The second-order valence-corrected chi connectivity index (χ2v) is 10.7. The summed E-state index contributed by atoms with van der Waals surface area (Å²) < 4.78 is 28.5. The summed E-state index contributed by atoms with van der Waals surface area (Å²) in [5, 5.41) is 8.16. The number of carbonyl (C=O) groups excluding carboxylic acids is 2. The number of imidazole rings is 1. The average Bonchev–Trinajstić information content (AvgIpc) is 3.49. The summed E-state index contributed by atoms with van der Waals surface area (Å²) in [7, 11) is 1.61. The number of aromatic nitrogens is 5. The van der Waals surface area contributed by atoms with E-state index in [9.17, 15) is 14.0 Å². The van der Waals surface area contributed by atoms with Gasteiger partial charge >= 0.3 is 6.09 Å². The van der Waals surface area contributed by atoms with Crippen molar-refractivity contribution in [3.05, 3.63) is 47.9 Å². The fourth-order valence-corrected chi connectivity index (χ4v) is 4.68. The minimum atomic E-state index is -0.777. The first-order valence-corrected chi connectivity index (χ1v) is 13.1. The number of hydrogen-bond donors (Lipinski definition) is 1. The molecule has 0 bridgehead atoms. The zero-order chi connectivity index (χ0) is 28.6. The highest BCUT2D eigenvalue weighted by Crippen LogP contribution is 2.30. The summed E-state index contributed by atoms with van der Waals surface area (Å²) in [5.74, 6) is -1.19. The van der Waals surface area contributed by atoms with E-state index < -0.39 is 17.5 Å². The smallest absolute Gasteiger partial charge is 0.410 e. The number of aryl methyl sites for hydroxylation is 1. The van der Waals surface area contributed by atoms with Crippen molar-refractivity contribution in [1.29, 1.82) is 0 Å². The van der Waals surface area contributed by atoms with E-state index in [-0.39, 0.29) is 17.6 Å². The molecule has 40 heavy (non-hydrogen) atoms. The highest BCUT2D eigenvalue weighted by molar-refractivity contribution is 6.13. The van der Waals surface area contributed by atoms with Gasteiger partial charge in [-0.25, -0.2) is 9.78 Å². The lowest BCUT2D eigenvalue weighted by Crippen LogP contribution is -2.50. The molecule has 0 saturated carbocycles. The molecule has 0 unspecified atom stereocenters. The lowest BCUT2D eigenvalue weighted by Gasteiger charge is -2.37. The molecule has 0 atom stereocenters. The average molecular weight is 553 g/mol. The van der Waals surface area contributed by atoms with Crippen LogP contribution < -0.4 is 10.2 Å². The van der Waals surface area contributed by atoms with Crippen molar-refractivity contribution in [2.45, 2.75) is 39.8 Å². The zero-order valence-corrected chi connectivity index (χ0v) is 23.3. The molecule has 3 aromatic heterocycles. The predicted molar refractivity (Wildman–Crippen MR) is 147 cm³/mol. The Morgan fingerprint density at radius 2 is 1.82 bits per heavy atom. The van der Waals surface area contributed by atoms with Crippen molar-refractivity contribution in [2.24, 2.45) is 0 Å². The van der Waals surface area contributed by atoms with Crippen molar-refractivity contribution >= 4 is 40.1 Å². The third kappa shape index (κ3) is 5.69. The Hall–Kier alpha value is -4.26. The molecule has 4 heterocycles. The molecule has 1 N–H and O–H groups in total. The van der Waals surface area contributed by atoms with E-state index in [1.54, 1.807) is 35.9 Å². The van der Waals surface area contributed by atoms with Gasteiger partial charge in [-0.05, 0) is 39.8 Å². The molecule has 0 spiro atoms. The first kappa shape index (κ1) is 27.3. The van der Waals surface area contributed by atoms with Crippen molar-refractivity contribution in [1.82, 2.24) is 29.0 Å². The van der Waals surface area contributed by atoms with Gasteiger partial charge in [0.2, 0.25) is 0 Å². The van der Waals surface area contributed by atoms with E-state index in [0.717, 1.165) is 11.1 Å². The van der Waals surface area contributed by atoms with E-state index in [2.05, 4.69) is 25.3 Å². The lowest BCUT2D eigenvalue weighted by atomic mass is 10.1. The van der Waals surface area contributed by atoms with Crippen LogP contribution in [0.3, 0.4) is 0 Å². The number of halogens is 1. The van der Waals surface area contributed by atoms with Gasteiger partial charge in [0.15, 0.2) is 11.5 Å². The monoisotopic (exact) mass is 552 g/mol. The van der Waals surface area contributed by atoms with Crippen LogP contribution in [-0.4, -0.2) is 86.5 Å². The van der Waals surface area contributed by atoms with Gasteiger partial charge in [-0.15, -0.1) is 0 Å². The second-order valence-electron chi connectivity index (χ2n) is 10.7. The Kier molecular flexibility index (Phi) is 7.32. The number of methoxy groups -OCH3 is 1. The molecule has 1 fully saturated rings. The minimum absolute atomic E-state index is 0.0571. The van der Waals surface area contributed by atoms with Crippen LogP contribution >= 0.6 is 0 Å². The number of piperazine rings is 1. The van der Waals surface area contributed by atoms with Gasteiger partial charge in [0.1, 0.15) is 11.1 Å². The van der Waals surface area contributed by atoms with Crippen LogP contribution in [-0.2, 0) is 16.0 Å². The van der Waals surface area contributed by atoms with Crippen LogP contribution in [0.1, 0.15) is 36.8 Å². The summed E-state index contributed by atoms with van der Waals surface area (Å²) in [6.45, 7) is 10.4. The number of rotatable bonds is 6. The van der Waals surface area contributed by atoms with Crippen LogP contribution in [0, 0.1) is 12.9 Å². The molecule has 13 heteroatoms. The molecule has 1 aliphatic rings. The Morgan fingerprint density at radius 1 is 1.07 bits per heavy atom. The Bertz CT molecular complexity index is 1570. The topological polar surface area (TPSA) is 119 Å². The Labute approximate surface area is 230 Å². The second kappa shape index (κ2) is 10.7. The molecule has 5 rings (SSSR count). The molecule has 4 aromatic rings. The van der Waals surface area contributed by atoms with Crippen molar-refractivity contribution < 1.29 is 23.5 Å². The summed E-state index contributed by atoms with van der Waals surface area (Å²) >= 11 is 0. The first-order valence-electron chi connectivity index (χ1n) is 13.1. The molecule has 0 radical (unpaired) electrons. The molecular formula is C27H33FN8O4. The van der Waals surface area contributed by atoms with Gasteiger partial charge in [-0.3, -0.25) is 13.9 Å². The maximum Gasteiger partial charge on any atom is 0.410 e. The fourth-order valence-electron chi connectivity index (χ4n) is 4.68. The molecule has 1 aromatic carbocycles. The number of ether oxygens (including phenoxy) is 2. The standard InChI is InChI=1S/C27H33FN8O4/c1-17-14-35-16-21(30-23(28)24(35)29-17)31-25(37)18-6-7-20(19-15-36(12-13-39-5)32-22(18)19)33-8-10-34(11-9-33)26(38)40-27(2,3)4/h6-7,14-16H,8-13H2,1-5H3,(H,31,37). The van der Waals surface area contributed by atoms with Crippen LogP contribution in [0.15, 0.2) is 30.7 Å². The molecule has 0 aliphatic carbocycles. The first-order chi connectivity index (χ1) is 19.0. The van der Waals surface area contributed by atoms with Crippen molar-refractivity contribution in [2.75, 3.05) is 50.1 Å². The van der Waals surface area contributed by atoms with E-state index in [1.807, 2.05) is 33.0 Å². The normalized spacial score (nSPS) is 14.2. The van der Waals surface area contributed by atoms with Gasteiger partial charge in [-0.1, -0.05) is 0 Å². The van der Waals surface area contributed by atoms with Crippen LogP contribution in [0.2, 0.25) is 0 Å². The van der Waals surface area contributed by atoms with Crippen LogP contribution in [0.25, 0.3) is 16.6 Å². The summed E-state index contributed by atoms with van der Waals surface area (Å²) in [6.07, 6.45) is 4.73. The lowest BCUT2D eigenvalue weighted by molar-refractivity contribution is 0.0240. The van der Waals surface area contributed by atoms with Gasteiger partial charge in [0.25, 0.3) is 11.9 Å². The van der Waals surface area contributed by atoms with Gasteiger partial charge in [0.05, 0.1) is 30.6 Å². The summed E-state index contributed by atoms with van der Waals surface area (Å²) in [4.78, 5) is 37.7. The summed E-state index contributed by atoms with van der Waals surface area (Å²) in [6, 6.07) is 3.58. The number of carbonyl (C=O) groups is 2. The van der Waals surface area contributed by atoms with Crippen molar-refractivity contribution in [3.8, 4) is 0 Å². The van der Waals surface area contributed by atoms with E-state index in [0.29, 0.717) is 56.1 Å². The predicted octanol–water partition coefficient (Wildman–Crippen LogP) is 3.48. The largest absolute Gasteiger partial charge is 0.444 e. The molecule has 1 saturated heterocycles. The number of fused-ring (bicyclic) bond motifs is 2. The third-order valence-electron chi connectivity index (χ3n) is 6.50. The Morgan fingerprint density at radius 3 is 2.52 bits per heavy atom. The molecule has 212 valence electrons. The maximum atomic E-state index is 14.5. The number of amides is 2. The van der Waals surface area contributed by atoms with Gasteiger partial charge in [0, 0.05) is 56.8 Å². The van der Waals surface area contributed by atoms with Gasteiger partial charge < -0.3 is 24.6 Å². The minimum Gasteiger partial charge on any atom is -0.444 e. The quantitative estimate of drug-likeness (QED) is 0.386. The number of hydrogen-bond acceptors (Lipinski definition) is 8. The highest BCUT2D eigenvalue weighted by Gasteiger charge is 2.28. The van der Waals surface area contributed by atoms with E-state index in [1.165, 1.54) is 10.6 Å². The zero-order valence-electron chi connectivity index (χ0n) is 23.3. The molecule has 1 aliphatic heterocycles.